The minimum atomic E-state index is -0.00862. The van der Waals surface area contributed by atoms with Gasteiger partial charge in [0.1, 0.15) is 6.54 Å². The molecule has 1 aromatic heterocycles. The SMILES string of the molecule is N#CCn1cc(C(=O)N2CCNCC2)cn1. The van der Waals surface area contributed by atoms with E-state index in [4.69, 9.17) is 5.26 Å². The van der Waals surface area contributed by atoms with Crippen molar-refractivity contribution in [2.24, 2.45) is 0 Å². The predicted molar refractivity (Wildman–Crippen MR) is 56.6 cm³/mol. The molecule has 0 unspecified atom stereocenters. The Morgan fingerprint density at radius 3 is 3.00 bits per heavy atom. The molecule has 6 heteroatoms. The molecule has 1 aromatic rings. The third-order valence-corrected chi connectivity index (χ3v) is 2.52. The molecule has 1 fully saturated rings. The van der Waals surface area contributed by atoms with Crippen LogP contribution in [-0.2, 0) is 6.54 Å². The summed E-state index contributed by atoms with van der Waals surface area (Å²) in [7, 11) is 0. The lowest BCUT2D eigenvalue weighted by atomic mass is 10.2. The highest BCUT2D eigenvalue weighted by Crippen LogP contribution is 2.04. The van der Waals surface area contributed by atoms with Crippen molar-refractivity contribution < 1.29 is 4.79 Å². The topological polar surface area (TPSA) is 74.0 Å². The molecular formula is C10H13N5O. The van der Waals surface area contributed by atoms with Crippen molar-refractivity contribution in [3.8, 4) is 6.07 Å². The number of rotatable bonds is 2. The number of carbonyl (C=O) groups is 1. The van der Waals surface area contributed by atoms with Gasteiger partial charge in [-0.1, -0.05) is 0 Å². The van der Waals surface area contributed by atoms with E-state index in [1.165, 1.54) is 10.9 Å². The molecular weight excluding hydrogens is 206 g/mol. The van der Waals surface area contributed by atoms with Crippen molar-refractivity contribution >= 4 is 5.91 Å². The largest absolute Gasteiger partial charge is 0.336 e. The van der Waals surface area contributed by atoms with Crippen molar-refractivity contribution in [1.29, 1.82) is 5.26 Å². The zero-order chi connectivity index (χ0) is 11.4. The van der Waals surface area contributed by atoms with Gasteiger partial charge in [-0.15, -0.1) is 0 Å². The summed E-state index contributed by atoms with van der Waals surface area (Å²) >= 11 is 0. The molecule has 6 nitrogen and oxygen atoms in total. The second-order valence-corrected chi connectivity index (χ2v) is 3.63. The zero-order valence-corrected chi connectivity index (χ0v) is 8.89. The minimum Gasteiger partial charge on any atom is -0.336 e. The normalized spacial score (nSPS) is 15.8. The first-order chi connectivity index (χ1) is 7.81. The first-order valence-electron chi connectivity index (χ1n) is 5.20. The summed E-state index contributed by atoms with van der Waals surface area (Å²) in [6, 6.07) is 1.98. The van der Waals surface area contributed by atoms with E-state index in [0.29, 0.717) is 5.56 Å². The van der Waals surface area contributed by atoms with Gasteiger partial charge in [0.25, 0.3) is 5.91 Å². The highest BCUT2D eigenvalue weighted by atomic mass is 16.2. The Bertz CT molecular complexity index is 413. The summed E-state index contributed by atoms with van der Waals surface area (Å²) in [6.45, 7) is 3.29. The highest BCUT2D eigenvalue weighted by Gasteiger charge is 2.18. The third kappa shape index (κ3) is 2.20. The van der Waals surface area contributed by atoms with Gasteiger partial charge < -0.3 is 10.2 Å². The number of nitrogens with one attached hydrogen (secondary N) is 1. The molecule has 0 bridgehead atoms. The molecule has 0 atom stereocenters. The predicted octanol–water partition coefficient (Wildman–Crippen LogP) is -0.548. The fourth-order valence-electron chi connectivity index (χ4n) is 1.68. The monoisotopic (exact) mass is 219 g/mol. The average molecular weight is 219 g/mol. The van der Waals surface area contributed by atoms with Crippen LogP contribution in [0.5, 0.6) is 0 Å². The van der Waals surface area contributed by atoms with Gasteiger partial charge in [0.2, 0.25) is 0 Å². The lowest BCUT2D eigenvalue weighted by Gasteiger charge is -2.26. The number of aromatic nitrogens is 2. The summed E-state index contributed by atoms with van der Waals surface area (Å²) in [5.41, 5.74) is 0.553. The number of hydrogen-bond donors (Lipinski definition) is 1. The van der Waals surface area contributed by atoms with Gasteiger partial charge >= 0.3 is 0 Å². The fraction of sp³-hybridized carbons (Fsp3) is 0.500. The summed E-state index contributed by atoms with van der Waals surface area (Å²) in [6.07, 6.45) is 3.13. The van der Waals surface area contributed by atoms with E-state index in [1.807, 2.05) is 6.07 Å². The van der Waals surface area contributed by atoms with Crippen LogP contribution in [0, 0.1) is 11.3 Å². The van der Waals surface area contributed by atoms with Crippen molar-refractivity contribution in [2.75, 3.05) is 26.2 Å². The Kier molecular flexibility index (Phi) is 3.17. The number of hydrogen-bond acceptors (Lipinski definition) is 4. The maximum atomic E-state index is 12.0. The highest BCUT2D eigenvalue weighted by molar-refractivity contribution is 5.93. The molecule has 0 radical (unpaired) electrons. The maximum absolute atomic E-state index is 12.0. The van der Waals surface area contributed by atoms with E-state index in [0.717, 1.165) is 26.2 Å². The van der Waals surface area contributed by atoms with E-state index >= 15 is 0 Å². The molecule has 0 spiro atoms. The summed E-state index contributed by atoms with van der Waals surface area (Å²) in [4.78, 5) is 13.8. The van der Waals surface area contributed by atoms with Crippen LogP contribution in [0.15, 0.2) is 12.4 Å². The van der Waals surface area contributed by atoms with E-state index in [1.54, 1.807) is 11.1 Å². The van der Waals surface area contributed by atoms with E-state index in [-0.39, 0.29) is 12.5 Å². The van der Waals surface area contributed by atoms with Gasteiger partial charge in [-0.2, -0.15) is 10.4 Å². The molecule has 1 amide bonds. The fourth-order valence-corrected chi connectivity index (χ4v) is 1.68. The number of amides is 1. The van der Waals surface area contributed by atoms with E-state index in [2.05, 4.69) is 10.4 Å². The standard InChI is InChI=1S/C10H13N5O/c11-1-4-15-8-9(7-13-15)10(16)14-5-2-12-3-6-14/h7-8,12H,2-6H2. The quantitative estimate of drug-likeness (QED) is 0.724. The molecule has 1 saturated heterocycles. The van der Waals surface area contributed by atoms with Gasteiger partial charge in [0.15, 0.2) is 0 Å². The molecule has 1 aliphatic rings. The molecule has 0 aliphatic carbocycles. The van der Waals surface area contributed by atoms with Crippen molar-refractivity contribution in [2.45, 2.75) is 6.54 Å². The van der Waals surface area contributed by atoms with Crippen LogP contribution in [0.25, 0.3) is 0 Å². The molecule has 1 aliphatic heterocycles. The van der Waals surface area contributed by atoms with Gasteiger partial charge in [0.05, 0.1) is 17.8 Å². The Labute approximate surface area is 93.5 Å². The second kappa shape index (κ2) is 4.77. The molecule has 0 saturated carbocycles. The minimum absolute atomic E-state index is 0.00862. The average Bonchev–Trinajstić information content (AvgIpc) is 2.78. The van der Waals surface area contributed by atoms with Gasteiger partial charge in [-0.3, -0.25) is 9.48 Å². The summed E-state index contributed by atoms with van der Waals surface area (Å²) in [5.74, 6) is -0.00862. The van der Waals surface area contributed by atoms with Crippen LogP contribution in [-0.4, -0.2) is 46.8 Å². The molecule has 84 valence electrons. The van der Waals surface area contributed by atoms with Crippen LogP contribution in [0.2, 0.25) is 0 Å². The smallest absolute Gasteiger partial charge is 0.257 e. The van der Waals surface area contributed by atoms with Crippen LogP contribution in [0.3, 0.4) is 0 Å². The third-order valence-electron chi connectivity index (χ3n) is 2.52. The Hall–Kier alpha value is -1.87. The summed E-state index contributed by atoms with van der Waals surface area (Å²) < 4.78 is 1.47. The second-order valence-electron chi connectivity index (χ2n) is 3.63. The molecule has 2 rings (SSSR count). The number of nitriles is 1. The maximum Gasteiger partial charge on any atom is 0.257 e. The lowest BCUT2D eigenvalue weighted by molar-refractivity contribution is 0.0735. The van der Waals surface area contributed by atoms with Crippen LogP contribution >= 0.6 is 0 Å². The number of nitrogens with zero attached hydrogens (tertiary/aromatic N) is 4. The van der Waals surface area contributed by atoms with E-state index in [9.17, 15) is 4.79 Å². The van der Waals surface area contributed by atoms with Crippen LogP contribution in [0.1, 0.15) is 10.4 Å². The van der Waals surface area contributed by atoms with Crippen LogP contribution in [0.4, 0.5) is 0 Å². The Morgan fingerprint density at radius 1 is 1.56 bits per heavy atom. The first-order valence-corrected chi connectivity index (χ1v) is 5.20. The van der Waals surface area contributed by atoms with Crippen molar-refractivity contribution in [1.82, 2.24) is 20.0 Å². The van der Waals surface area contributed by atoms with Crippen molar-refractivity contribution in [3.63, 3.8) is 0 Å². The van der Waals surface area contributed by atoms with Gasteiger partial charge in [0, 0.05) is 32.4 Å². The van der Waals surface area contributed by atoms with Crippen LogP contribution < -0.4 is 5.32 Å². The summed E-state index contributed by atoms with van der Waals surface area (Å²) in [5, 5.41) is 15.6. The first kappa shape index (κ1) is 10.6. The lowest BCUT2D eigenvalue weighted by Crippen LogP contribution is -2.46. The molecule has 16 heavy (non-hydrogen) atoms. The van der Waals surface area contributed by atoms with Crippen molar-refractivity contribution in [3.05, 3.63) is 18.0 Å². The molecule has 2 heterocycles. The zero-order valence-electron chi connectivity index (χ0n) is 8.89. The van der Waals surface area contributed by atoms with E-state index < -0.39 is 0 Å². The number of carbonyl (C=O) groups excluding carboxylic acids is 1. The van der Waals surface area contributed by atoms with Gasteiger partial charge in [-0.05, 0) is 0 Å². The van der Waals surface area contributed by atoms with Gasteiger partial charge in [-0.25, -0.2) is 0 Å². The Morgan fingerprint density at radius 2 is 2.31 bits per heavy atom. The number of piperazine rings is 1. The Balaban J connectivity index is 2.05. The molecule has 0 aromatic carbocycles. The molecule has 1 N–H and O–H groups in total.